The molecule has 0 radical (unpaired) electrons. The molecule has 1 atom stereocenters. The van der Waals surface area contributed by atoms with Crippen molar-refractivity contribution in [2.45, 2.75) is 13.0 Å². The Morgan fingerprint density at radius 2 is 1.24 bits per heavy atom. The number of benzene rings is 5. The van der Waals surface area contributed by atoms with Gasteiger partial charge >= 0.3 is 0 Å². The maximum Gasteiger partial charge on any atom is 0.261 e. The summed E-state index contributed by atoms with van der Waals surface area (Å²) in [6, 6.07) is 19.6. The van der Waals surface area contributed by atoms with Crippen molar-refractivity contribution in [1.82, 2.24) is 4.90 Å². The van der Waals surface area contributed by atoms with Gasteiger partial charge in [0, 0.05) is 16.5 Å². The van der Waals surface area contributed by atoms with Crippen LogP contribution in [0.4, 0.5) is 0 Å². The van der Waals surface area contributed by atoms with E-state index in [1.54, 1.807) is 6.92 Å². The minimum absolute atomic E-state index is 0.262. The van der Waals surface area contributed by atoms with Gasteiger partial charge in [-0.2, -0.15) is 0 Å². The Kier molecular flexibility index (Phi) is 3.13. The van der Waals surface area contributed by atoms with E-state index in [0.29, 0.717) is 11.1 Å². The lowest BCUT2D eigenvalue weighted by Gasteiger charge is -2.31. The molecule has 0 spiro atoms. The molecule has 0 fully saturated rings. The van der Waals surface area contributed by atoms with E-state index in [-0.39, 0.29) is 18.4 Å². The van der Waals surface area contributed by atoms with Crippen LogP contribution in [-0.4, -0.2) is 34.5 Å². The molecule has 0 saturated heterocycles. The molecule has 0 unspecified atom stereocenters. The highest BCUT2D eigenvalue weighted by Crippen LogP contribution is 2.43. The Hall–Kier alpha value is -3.50. The predicted octanol–water partition coefficient (Wildman–Crippen LogP) is 4.71. The van der Waals surface area contributed by atoms with Crippen LogP contribution in [0, 0.1) is 0 Å². The summed E-state index contributed by atoms with van der Waals surface area (Å²) in [6.45, 7) is 1.42. The molecule has 4 heteroatoms. The van der Waals surface area contributed by atoms with Crippen molar-refractivity contribution < 1.29 is 14.7 Å². The predicted molar refractivity (Wildman–Crippen MR) is 115 cm³/mol. The molecule has 0 bridgehead atoms. The lowest BCUT2D eigenvalue weighted by atomic mass is 9.84. The van der Waals surface area contributed by atoms with E-state index < -0.39 is 6.04 Å². The van der Waals surface area contributed by atoms with Crippen molar-refractivity contribution in [2.24, 2.45) is 0 Å². The Labute approximate surface area is 166 Å². The van der Waals surface area contributed by atoms with Crippen molar-refractivity contribution in [2.75, 3.05) is 6.61 Å². The van der Waals surface area contributed by atoms with Crippen molar-refractivity contribution in [3.8, 4) is 0 Å². The van der Waals surface area contributed by atoms with Gasteiger partial charge in [0.15, 0.2) is 0 Å². The zero-order chi connectivity index (χ0) is 19.9. The van der Waals surface area contributed by atoms with Gasteiger partial charge in [-0.15, -0.1) is 0 Å². The van der Waals surface area contributed by atoms with Gasteiger partial charge in [-0.3, -0.25) is 14.5 Å². The number of fused-ring (bicyclic) bond motifs is 2. The average Bonchev–Trinajstić information content (AvgIpc) is 2.75. The minimum Gasteiger partial charge on any atom is -0.394 e. The van der Waals surface area contributed by atoms with E-state index in [9.17, 15) is 14.7 Å². The number of nitrogens with zero attached hydrogens (tertiary/aromatic N) is 1. The van der Waals surface area contributed by atoms with Gasteiger partial charge in [0.1, 0.15) is 0 Å². The lowest BCUT2D eigenvalue weighted by molar-refractivity contribution is 0.0492. The largest absolute Gasteiger partial charge is 0.394 e. The number of hydrogen-bond donors (Lipinski definition) is 1. The molecule has 1 heterocycles. The van der Waals surface area contributed by atoms with Gasteiger partial charge in [-0.25, -0.2) is 0 Å². The standard InChI is InChI=1S/C25H17NO3/c1-13(12-27)26-24(28)19-10-8-17-15-6-2-4-14-5-3-7-16(21(14)15)18-9-11-20(25(26)29)23(19)22(17)18/h2-11,13,27H,12H2,1H3/t13-/m1/s1. The Bertz CT molecular complexity index is 1400. The summed E-state index contributed by atoms with van der Waals surface area (Å²) in [7, 11) is 0. The minimum atomic E-state index is -0.570. The second-order valence-electron chi connectivity index (χ2n) is 7.79. The molecule has 5 aromatic carbocycles. The summed E-state index contributed by atoms with van der Waals surface area (Å²) < 4.78 is 0. The first-order valence-electron chi connectivity index (χ1n) is 9.72. The highest BCUT2D eigenvalue weighted by atomic mass is 16.3. The van der Waals surface area contributed by atoms with Crippen LogP contribution in [-0.2, 0) is 0 Å². The van der Waals surface area contributed by atoms with E-state index in [1.165, 1.54) is 15.7 Å². The van der Waals surface area contributed by atoms with E-state index in [1.807, 2.05) is 36.4 Å². The van der Waals surface area contributed by atoms with E-state index in [4.69, 9.17) is 0 Å². The second-order valence-corrected chi connectivity index (χ2v) is 7.79. The molecular formula is C25H17NO3. The maximum absolute atomic E-state index is 13.2. The molecule has 0 aliphatic carbocycles. The molecule has 140 valence electrons. The van der Waals surface area contributed by atoms with Crippen LogP contribution >= 0.6 is 0 Å². The molecule has 0 aromatic heterocycles. The summed E-state index contributed by atoms with van der Waals surface area (Å²) in [5.74, 6) is -0.686. The number of aliphatic hydroxyl groups excluding tert-OH is 1. The molecule has 6 rings (SSSR count). The van der Waals surface area contributed by atoms with Gasteiger partial charge in [0.05, 0.1) is 12.6 Å². The van der Waals surface area contributed by atoms with Crippen molar-refractivity contribution in [1.29, 1.82) is 0 Å². The number of imide groups is 1. The lowest BCUT2D eigenvalue weighted by Crippen LogP contribution is -2.47. The zero-order valence-electron chi connectivity index (χ0n) is 15.8. The highest BCUT2D eigenvalue weighted by Gasteiger charge is 2.36. The summed E-state index contributed by atoms with van der Waals surface area (Å²) >= 11 is 0. The van der Waals surface area contributed by atoms with Gasteiger partial charge in [0.2, 0.25) is 0 Å². The van der Waals surface area contributed by atoms with Crippen LogP contribution in [0.25, 0.3) is 43.1 Å². The van der Waals surface area contributed by atoms with E-state index in [2.05, 4.69) is 24.3 Å². The number of hydrogen-bond acceptors (Lipinski definition) is 3. The van der Waals surface area contributed by atoms with Crippen LogP contribution in [0.3, 0.4) is 0 Å². The Morgan fingerprint density at radius 3 is 1.76 bits per heavy atom. The van der Waals surface area contributed by atoms with Crippen molar-refractivity contribution >= 4 is 54.9 Å². The number of rotatable bonds is 2. The number of carbonyl (C=O) groups is 2. The van der Waals surface area contributed by atoms with Crippen LogP contribution in [0.15, 0.2) is 60.7 Å². The molecule has 1 N–H and O–H groups in total. The topological polar surface area (TPSA) is 57.6 Å². The normalized spacial score (nSPS) is 15.3. The zero-order valence-corrected chi connectivity index (χ0v) is 15.8. The van der Waals surface area contributed by atoms with Gasteiger partial charge in [-0.1, -0.05) is 48.5 Å². The van der Waals surface area contributed by atoms with Crippen LogP contribution in [0.5, 0.6) is 0 Å². The molecule has 29 heavy (non-hydrogen) atoms. The monoisotopic (exact) mass is 379 g/mol. The molecule has 4 nitrogen and oxygen atoms in total. The Balaban J connectivity index is 1.84. The fourth-order valence-corrected chi connectivity index (χ4v) is 4.92. The third-order valence-corrected chi connectivity index (χ3v) is 6.25. The highest BCUT2D eigenvalue weighted by molar-refractivity contribution is 6.38. The summed E-state index contributed by atoms with van der Waals surface area (Å²) in [4.78, 5) is 27.5. The maximum atomic E-state index is 13.2. The first-order chi connectivity index (χ1) is 14.1. The van der Waals surface area contributed by atoms with Crippen LogP contribution in [0.2, 0.25) is 0 Å². The van der Waals surface area contributed by atoms with Crippen LogP contribution in [0.1, 0.15) is 27.6 Å². The van der Waals surface area contributed by atoms with E-state index >= 15 is 0 Å². The smallest absolute Gasteiger partial charge is 0.261 e. The number of carbonyl (C=O) groups excluding carboxylic acids is 2. The number of aliphatic hydroxyl groups is 1. The molecule has 1 aliphatic rings. The first kappa shape index (κ1) is 16.5. The molecule has 0 saturated carbocycles. The van der Waals surface area contributed by atoms with Gasteiger partial charge in [-0.05, 0) is 56.8 Å². The Morgan fingerprint density at radius 1 is 0.724 bits per heavy atom. The quantitative estimate of drug-likeness (QED) is 0.274. The van der Waals surface area contributed by atoms with Gasteiger partial charge in [0.25, 0.3) is 11.8 Å². The van der Waals surface area contributed by atoms with E-state index in [0.717, 1.165) is 32.3 Å². The third kappa shape index (κ3) is 1.91. The first-order valence-corrected chi connectivity index (χ1v) is 9.72. The van der Waals surface area contributed by atoms with Crippen molar-refractivity contribution in [3.05, 3.63) is 71.8 Å². The molecule has 2 amide bonds. The second kappa shape index (κ2) is 5.52. The molecule has 5 aromatic rings. The average molecular weight is 379 g/mol. The summed E-state index contributed by atoms with van der Waals surface area (Å²) in [5, 5.41) is 18.0. The van der Waals surface area contributed by atoms with Crippen molar-refractivity contribution in [3.63, 3.8) is 0 Å². The number of amides is 2. The fraction of sp³-hybridized carbons (Fsp3) is 0.120. The van der Waals surface area contributed by atoms with Gasteiger partial charge < -0.3 is 5.11 Å². The third-order valence-electron chi connectivity index (χ3n) is 6.25. The summed E-state index contributed by atoms with van der Waals surface area (Å²) in [5.41, 5.74) is 1.04. The fourth-order valence-electron chi connectivity index (χ4n) is 4.92. The molecule has 1 aliphatic heterocycles. The SMILES string of the molecule is C[C@H](CO)N1C(=O)c2ccc3c4cccc5cccc(c6ccc(c2c36)C1=O)c54. The van der Waals surface area contributed by atoms with Crippen LogP contribution < -0.4 is 0 Å². The molecular weight excluding hydrogens is 362 g/mol. The summed E-state index contributed by atoms with van der Waals surface area (Å²) in [6.07, 6.45) is 0.